The predicted octanol–water partition coefficient (Wildman–Crippen LogP) is 18.2. The van der Waals surface area contributed by atoms with Gasteiger partial charge in [0.15, 0.2) is 0 Å². The van der Waals surface area contributed by atoms with Crippen LogP contribution in [-0.4, -0.2) is 215 Å². The number of unbranched alkanes of at least 4 members (excludes halogenated alkanes) is 5. The van der Waals surface area contributed by atoms with Crippen molar-refractivity contribution in [3.05, 3.63) is 172 Å². The fourth-order valence-electron chi connectivity index (χ4n) is 11.2. The van der Waals surface area contributed by atoms with Crippen LogP contribution in [0.1, 0.15) is 146 Å². The second-order valence-electron chi connectivity index (χ2n) is 32.5. The second-order valence-corrected chi connectivity index (χ2v) is 51.6. The van der Waals surface area contributed by atoms with Gasteiger partial charge in [0.25, 0.3) is 0 Å². The van der Waals surface area contributed by atoms with E-state index in [4.69, 9.17) is 56.8 Å². The van der Waals surface area contributed by atoms with Gasteiger partial charge in [0.1, 0.15) is 67.9 Å². The first-order valence-corrected chi connectivity index (χ1v) is 49.9. The lowest BCUT2D eigenvalue weighted by molar-refractivity contribution is -0.168. The Morgan fingerprint density at radius 2 is 0.554 bits per heavy atom. The van der Waals surface area contributed by atoms with Crippen molar-refractivity contribution in [2.75, 3.05) is 167 Å². The summed E-state index contributed by atoms with van der Waals surface area (Å²) in [5, 5.41) is 0. The molecule has 0 saturated carbocycles. The maximum absolute atomic E-state index is 12.6. The normalized spacial score (nSPS) is 13.2. The zero-order chi connectivity index (χ0) is 81.8. The highest BCUT2D eigenvalue weighted by atomic mass is 31.2. The first-order chi connectivity index (χ1) is 50.4. The zero-order valence-corrected chi connectivity index (χ0v) is 77.5. The predicted molar refractivity (Wildman–Crippen MR) is 468 cm³/mol. The molecule has 640 valence electrons. The van der Waals surface area contributed by atoms with Gasteiger partial charge in [-0.1, -0.05) is 129 Å². The molecule has 4 unspecified atom stereocenters. The average molecular weight is 1650 g/mol. The largest absolute Gasteiger partial charge is 0.465 e. The summed E-state index contributed by atoms with van der Waals surface area (Å²) in [5.74, 6) is -3.43. The Morgan fingerprint density at radius 3 is 0.830 bits per heavy atom. The lowest BCUT2D eigenvalue weighted by Crippen LogP contribution is -2.39. The lowest BCUT2D eigenvalue weighted by Gasteiger charge is -2.25. The molecule has 4 atom stereocenters. The molecule has 20 nitrogen and oxygen atoms in total. The molecule has 0 spiro atoms. The Bertz CT molecular complexity index is 3280. The van der Waals surface area contributed by atoms with E-state index in [0.717, 1.165) is 54.2 Å². The lowest BCUT2D eigenvalue weighted by atomic mass is 9.93. The van der Waals surface area contributed by atoms with Gasteiger partial charge in [-0.15, -0.1) is 0 Å². The SMILES string of the molecule is CCC[P+](C)(C)Cc1ccc(COC(=O)C(C)(COC)COC(C)=O)cc1.COCC(C)(COC(C)=O)C(=O)OCCCCCCCC[P+](C)(C)C.COCC(C)(COC(C)=O)C(=O)OCc1ccc(C[P+](C)(C)C)cc1.COCC(C)(COC(C)=O)C(=O)OCc1ccc(C[P+](C)(C)Cc2ccccc2)cc1.[CH3-].[CH3-].[CH3-].[CH3-]. The minimum atomic E-state index is -1.12. The molecular formula is C88H148O20P4. The molecule has 0 aliphatic heterocycles. The molecule has 4 rings (SSSR count). The molecule has 4 aromatic carbocycles. The third-order valence-corrected chi connectivity index (χ3v) is 25.3. The van der Waals surface area contributed by atoms with Crippen LogP contribution >= 0.6 is 29.0 Å². The van der Waals surface area contributed by atoms with Crippen LogP contribution in [0.25, 0.3) is 0 Å². The Hall–Kier alpha value is -5.80. The number of benzene rings is 4. The molecule has 0 heterocycles. The Labute approximate surface area is 680 Å². The average Bonchev–Trinajstić information content (AvgIpc) is 0.866. The molecule has 0 fully saturated rings. The number of ether oxygens (including phenoxy) is 12. The van der Waals surface area contributed by atoms with E-state index in [9.17, 15) is 38.4 Å². The van der Waals surface area contributed by atoms with Gasteiger partial charge in [0.2, 0.25) is 0 Å². The highest BCUT2D eigenvalue weighted by Gasteiger charge is 2.40. The van der Waals surface area contributed by atoms with E-state index in [1.54, 1.807) is 27.7 Å². The third-order valence-electron chi connectivity index (χ3n) is 17.0. The van der Waals surface area contributed by atoms with Crippen LogP contribution in [0.15, 0.2) is 103 Å². The van der Waals surface area contributed by atoms with Crippen molar-refractivity contribution in [3.8, 4) is 0 Å². The van der Waals surface area contributed by atoms with Gasteiger partial charge in [-0.25, -0.2) is 0 Å². The Kier molecular flexibility index (Phi) is 57.6. The molecule has 0 aromatic heterocycles. The van der Waals surface area contributed by atoms with Crippen molar-refractivity contribution in [1.29, 1.82) is 0 Å². The van der Waals surface area contributed by atoms with E-state index in [2.05, 4.69) is 140 Å². The van der Waals surface area contributed by atoms with Gasteiger partial charge in [-0.05, 0) is 92.3 Å². The van der Waals surface area contributed by atoms with Gasteiger partial charge in [-0.3, -0.25) is 38.4 Å². The number of carbonyl (C=O) groups is 8. The molecule has 0 aliphatic rings. The molecular weight excluding hydrogens is 1500 g/mol. The number of esters is 8. The Morgan fingerprint density at radius 1 is 0.295 bits per heavy atom. The van der Waals surface area contributed by atoms with Gasteiger partial charge >= 0.3 is 47.8 Å². The maximum Gasteiger partial charge on any atom is 0.317 e. The molecule has 4 aromatic rings. The highest BCUT2D eigenvalue weighted by Crippen LogP contribution is 2.57. The number of carbonyl (C=O) groups excluding carboxylic acids is 8. The first-order valence-electron chi connectivity index (χ1n) is 37.1. The maximum atomic E-state index is 12.6. The molecule has 0 amide bonds. The summed E-state index contributed by atoms with van der Waals surface area (Å²) in [7, 11) is 2.50. The van der Waals surface area contributed by atoms with Crippen LogP contribution in [0.3, 0.4) is 0 Å². The molecule has 0 saturated heterocycles. The molecule has 0 bridgehead atoms. The van der Waals surface area contributed by atoms with Gasteiger partial charge in [0, 0.05) is 152 Å². The highest BCUT2D eigenvalue weighted by molar-refractivity contribution is 7.74. The summed E-state index contributed by atoms with van der Waals surface area (Å²) in [6, 6.07) is 35.3. The monoisotopic (exact) mass is 1650 g/mol. The number of hydrogen-bond acceptors (Lipinski definition) is 20. The van der Waals surface area contributed by atoms with Crippen LogP contribution in [0.2, 0.25) is 0 Å². The zero-order valence-electron chi connectivity index (χ0n) is 73.9. The van der Waals surface area contributed by atoms with Gasteiger partial charge in [0.05, 0.1) is 70.0 Å². The van der Waals surface area contributed by atoms with Crippen molar-refractivity contribution >= 4 is 76.8 Å². The van der Waals surface area contributed by atoms with Gasteiger partial charge < -0.3 is 86.5 Å². The van der Waals surface area contributed by atoms with E-state index >= 15 is 0 Å². The van der Waals surface area contributed by atoms with Crippen molar-refractivity contribution in [2.24, 2.45) is 21.7 Å². The molecule has 0 N–H and O–H groups in total. The summed E-state index contributed by atoms with van der Waals surface area (Å²) in [6.45, 7) is 39.1. The standard InChI is InChI=1S/C25H34O5P.C21H34O5P.C19H30O5P.C19H38O5P.4CH3/c1-20(26)30-19-25(2,18-28-3)24(27)29-15-21-11-13-23(14-12-21)17-31(4,5)16-22-9-7-6-8-10-22;1-7-12-27(5,6)14-19-10-8-18(9-11-19)13-25-20(23)21(3,15-24-4)16-26-17(2)22;1-15(20)24-14-19(2,13-22-3)18(21)23-11-16-7-9-17(10-8-16)12-25(4,5)6;1-17(20)24-16-19(2,15-22-3)18(21)23-13-11-9-7-8-10-12-14-25(4,5)6;;;;/h6-14H,15-19H2,1-5H3;8-11H,7,12-16H2,1-6H3;7-10H,11-14H2,1-6H3;7-16H2,1-6H3;4*1H3/q4*+1;4*-1. The quantitative estimate of drug-likeness (QED) is 0.0131. The number of methoxy groups -OCH3 is 4. The first kappa shape index (κ1) is 113. The van der Waals surface area contributed by atoms with E-state index in [-0.39, 0.29) is 108 Å². The summed E-state index contributed by atoms with van der Waals surface area (Å²) >= 11 is 0. The van der Waals surface area contributed by atoms with E-state index in [0.29, 0.717) is 6.61 Å². The summed E-state index contributed by atoms with van der Waals surface area (Å²) in [5.41, 5.74) is 4.08. The topological polar surface area (TPSA) is 247 Å². The van der Waals surface area contributed by atoms with Crippen molar-refractivity contribution in [3.63, 3.8) is 0 Å². The van der Waals surface area contributed by atoms with Crippen LogP contribution in [0.4, 0.5) is 0 Å². The molecule has 112 heavy (non-hydrogen) atoms. The smallest absolute Gasteiger partial charge is 0.317 e. The molecule has 24 heteroatoms. The van der Waals surface area contributed by atoms with E-state index in [1.807, 2.05) is 36.4 Å². The third kappa shape index (κ3) is 50.5. The van der Waals surface area contributed by atoms with E-state index in [1.165, 1.54) is 123 Å². The second kappa shape index (κ2) is 57.3. The molecule has 0 radical (unpaired) electrons. The van der Waals surface area contributed by atoms with Crippen molar-refractivity contribution in [1.82, 2.24) is 0 Å². The fourth-order valence-corrected chi connectivity index (χ4v) is 18.8. The summed E-state index contributed by atoms with van der Waals surface area (Å²) in [6.07, 6.45) is 15.3. The van der Waals surface area contributed by atoms with Crippen LogP contribution in [0.5, 0.6) is 0 Å². The Balaban J connectivity index is -0.000000689. The summed E-state index contributed by atoms with van der Waals surface area (Å²) < 4.78 is 62.1. The van der Waals surface area contributed by atoms with Crippen LogP contribution < -0.4 is 0 Å². The van der Waals surface area contributed by atoms with E-state index < -0.39 is 92.5 Å². The fraction of sp³-hybridized carbons (Fsp3) is 0.591. The minimum Gasteiger partial charge on any atom is -0.465 e. The minimum absolute atomic E-state index is 0. The van der Waals surface area contributed by atoms with Crippen molar-refractivity contribution < 1.29 is 95.2 Å². The number of hydrogen-bond donors (Lipinski definition) is 0. The van der Waals surface area contributed by atoms with Crippen molar-refractivity contribution in [2.45, 2.75) is 152 Å². The summed E-state index contributed by atoms with van der Waals surface area (Å²) in [4.78, 5) is 93.9. The van der Waals surface area contributed by atoms with Crippen LogP contribution in [0, 0.1) is 51.4 Å². The van der Waals surface area contributed by atoms with Gasteiger partial charge in [-0.2, -0.15) is 0 Å². The van der Waals surface area contributed by atoms with Crippen LogP contribution in [-0.2, 0) is 140 Å². The molecule has 0 aliphatic carbocycles. The number of rotatable bonds is 45.